The highest BCUT2D eigenvalue weighted by atomic mass is 16.6. The molecule has 124 valence electrons. The molecule has 0 radical (unpaired) electrons. The number of nitro groups is 1. The van der Waals surface area contributed by atoms with Gasteiger partial charge in [0, 0.05) is 12.6 Å². The summed E-state index contributed by atoms with van der Waals surface area (Å²) >= 11 is 0. The number of nitrogens with zero attached hydrogens (tertiary/aromatic N) is 3. The summed E-state index contributed by atoms with van der Waals surface area (Å²) in [5, 5.41) is 11.1. The van der Waals surface area contributed by atoms with Crippen LogP contribution in [0, 0.1) is 10.1 Å². The molecule has 2 atom stereocenters. The van der Waals surface area contributed by atoms with Crippen LogP contribution in [-0.4, -0.2) is 47.4 Å². The van der Waals surface area contributed by atoms with Crippen LogP contribution in [0.15, 0.2) is 18.5 Å². The number of pyridine rings is 1. The molecule has 1 aliphatic rings. The second kappa shape index (κ2) is 6.77. The van der Waals surface area contributed by atoms with Gasteiger partial charge < -0.3 is 25.8 Å². The number of carbonyl (C=O) groups excluding carboxylic acids is 2. The molecule has 0 spiro atoms. The lowest BCUT2D eigenvalue weighted by atomic mass is 10.0. The van der Waals surface area contributed by atoms with Gasteiger partial charge in [0.1, 0.15) is 24.1 Å². The fraction of sp³-hybridized carbons (Fsp3) is 0.417. The average Bonchev–Trinajstić information content (AvgIpc) is 2.45. The monoisotopic (exact) mass is 325 g/mol. The standard InChI is InChI=1S/C12H15N5O6/c13-11(18)22-7-3-8(23-12(14)19)6-16(5-7)9-1-2-15-4-10(9)17(20)21/h1-2,4,7-8H,3,5-6H2,(H2,13,18)(H2,14,19). The first-order valence-electron chi connectivity index (χ1n) is 6.62. The van der Waals surface area contributed by atoms with Crippen molar-refractivity contribution in [2.24, 2.45) is 11.5 Å². The topological polar surface area (TPSA) is 164 Å². The summed E-state index contributed by atoms with van der Waals surface area (Å²) in [6.07, 6.45) is -0.668. The molecular weight excluding hydrogens is 310 g/mol. The molecule has 2 rings (SSSR count). The van der Waals surface area contributed by atoms with Crippen LogP contribution in [0.4, 0.5) is 21.0 Å². The highest BCUT2D eigenvalue weighted by Crippen LogP contribution is 2.30. The molecule has 2 heterocycles. The third-order valence-corrected chi connectivity index (χ3v) is 3.25. The maximum atomic E-state index is 11.1. The van der Waals surface area contributed by atoms with Crippen molar-refractivity contribution in [3.8, 4) is 0 Å². The van der Waals surface area contributed by atoms with Crippen molar-refractivity contribution in [3.63, 3.8) is 0 Å². The molecule has 0 bridgehead atoms. The summed E-state index contributed by atoms with van der Waals surface area (Å²) in [6.45, 7) is 0.318. The minimum Gasteiger partial charge on any atom is -0.444 e. The number of nitrogens with two attached hydrogens (primary N) is 2. The van der Waals surface area contributed by atoms with Crippen molar-refractivity contribution in [2.75, 3.05) is 18.0 Å². The van der Waals surface area contributed by atoms with Gasteiger partial charge in [-0.1, -0.05) is 0 Å². The number of hydrogen-bond acceptors (Lipinski definition) is 8. The molecule has 1 aliphatic heterocycles. The number of primary amides is 2. The molecule has 11 heteroatoms. The zero-order chi connectivity index (χ0) is 17.0. The highest BCUT2D eigenvalue weighted by Gasteiger charge is 2.34. The number of rotatable bonds is 4. The normalized spacial score (nSPS) is 20.6. The largest absolute Gasteiger partial charge is 0.444 e. The first kappa shape index (κ1) is 16.3. The van der Waals surface area contributed by atoms with E-state index in [2.05, 4.69) is 4.98 Å². The van der Waals surface area contributed by atoms with Gasteiger partial charge >= 0.3 is 17.9 Å². The van der Waals surface area contributed by atoms with Gasteiger partial charge in [-0.3, -0.25) is 15.1 Å². The van der Waals surface area contributed by atoms with E-state index in [1.807, 2.05) is 0 Å². The van der Waals surface area contributed by atoms with E-state index < -0.39 is 29.3 Å². The number of ether oxygens (including phenoxy) is 2. The number of piperidine rings is 1. The fourth-order valence-electron chi connectivity index (χ4n) is 2.49. The number of amides is 2. The molecule has 2 amide bonds. The van der Waals surface area contributed by atoms with Crippen molar-refractivity contribution < 1.29 is 24.0 Å². The third-order valence-electron chi connectivity index (χ3n) is 3.25. The Labute approximate surface area is 130 Å². The van der Waals surface area contributed by atoms with E-state index in [1.54, 1.807) is 4.90 Å². The molecule has 1 aromatic heterocycles. The van der Waals surface area contributed by atoms with Crippen LogP contribution in [-0.2, 0) is 9.47 Å². The lowest BCUT2D eigenvalue weighted by molar-refractivity contribution is -0.384. The number of aromatic nitrogens is 1. The van der Waals surface area contributed by atoms with Gasteiger partial charge in [0.05, 0.1) is 18.0 Å². The minimum atomic E-state index is -0.987. The summed E-state index contributed by atoms with van der Waals surface area (Å²) in [7, 11) is 0. The second-order valence-corrected chi connectivity index (χ2v) is 4.88. The summed E-state index contributed by atoms with van der Waals surface area (Å²) in [6, 6.07) is 1.45. The van der Waals surface area contributed by atoms with Crippen LogP contribution in [0.5, 0.6) is 0 Å². The van der Waals surface area contributed by atoms with Gasteiger partial charge in [-0.05, 0) is 6.07 Å². The number of hydrogen-bond donors (Lipinski definition) is 2. The molecule has 1 saturated heterocycles. The Bertz CT molecular complexity index is 600. The van der Waals surface area contributed by atoms with Gasteiger partial charge in [0.15, 0.2) is 0 Å². The lowest BCUT2D eigenvalue weighted by Gasteiger charge is -2.37. The van der Waals surface area contributed by atoms with Crippen LogP contribution in [0.25, 0.3) is 0 Å². The van der Waals surface area contributed by atoms with Crippen molar-refractivity contribution in [1.29, 1.82) is 0 Å². The summed E-state index contributed by atoms with van der Waals surface area (Å²) < 4.78 is 9.87. The van der Waals surface area contributed by atoms with Crippen LogP contribution < -0.4 is 16.4 Å². The molecule has 2 unspecified atom stereocenters. The predicted octanol–water partition coefficient (Wildman–Crippen LogP) is 0.128. The van der Waals surface area contributed by atoms with E-state index >= 15 is 0 Å². The SMILES string of the molecule is NC(=O)OC1CC(OC(N)=O)CN(c2ccncc2[N+](=O)[O-])C1. The van der Waals surface area contributed by atoms with E-state index in [0.717, 1.165) is 6.20 Å². The van der Waals surface area contributed by atoms with Crippen LogP contribution in [0.3, 0.4) is 0 Å². The maximum Gasteiger partial charge on any atom is 0.404 e. The maximum absolute atomic E-state index is 11.1. The molecule has 0 saturated carbocycles. The van der Waals surface area contributed by atoms with Crippen LogP contribution >= 0.6 is 0 Å². The quantitative estimate of drug-likeness (QED) is 0.582. The third kappa shape index (κ3) is 4.18. The van der Waals surface area contributed by atoms with Gasteiger partial charge in [-0.25, -0.2) is 9.59 Å². The number of anilines is 1. The molecule has 11 nitrogen and oxygen atoms in total. The van der Waals surface area contributed by atoms with Gasteiger partial charge in [-0.15, -0.1) is 0 Å². The summed E-state index contributed by atoms with van der Waals surface area (Å²) in [5.74, 6) is 0. The average molecular weight is 325 g/mol. The Hall–Kier alpha value is -3.11. The Morgan fingerprint density at radius 1 is 1.26 bits per heavy atom. The van der Waals surface area contributed by atoms with Gasteiger partial charge in [0.25, 0.3) is 0 Å². The van der Waals surface area contributed by atoms with Crippen molar-refractivity contribution in [2.45, 2.75) is 18.6 Å². The molecule has 0 aliphatic carbocycles. The van der Waals surface area contributed by atoms with Crippen molar-refractivity contribution in [1.82, 2.24) is 4.98 Å². The molecule has 4 N–H and O–H groups in total. The Kier molecular flexibility index (Phi) is 4.79. The Balaban J connectivity index is 2.27. The van der Waals surface area contributed by atoms with Crippen LogP contribution in [0.1, 0.15) is 6.42 Å². The van der Waals surface area contributed by atoms with Crippen molar-refractivity contribution >= 4 is 23.6 Å². The van der Waals surface area contributed by atoms with E-state index in [9.17, 15) is 19.7 Å². The van der Waals surface area contributed by atoms with Gasteiger partial charge in [0.2, 0.25) is 0 Å². The smallest absolute Gasteiger partial charge is 0.404 e. The predicted molar refractivity (Wildman–Crippen MR) is 76.6 cm³/mol. The molecule has 1 fully saturated rings. The molecular formula is C12H15N5O6. The lowest BCUT2D eigenvalue weighted by Crippen LogP contribution is -2.49. The second-order valence-electron chi connectivity index (χ2n) is 4.88. The van der Waals surface area contributed by atoms with E-state index in [4.69, 9.17) is 20.9 Å². The zero-order valence-corrected chi connectivity index (χ0v) is 12.0. The van der Waals surface area contributed by atoms with Crippen molar-refractivity contribution in [3.05, 3.63) is 28.6 Å². The van der Waals surface area contributed by atoms with E-state index in [-0.39, 0.29) is 30.9 Å². The summed E-state index contributed by atoms with van der Waals surface area (Å²) in [5.41, 5.74) is 10.1. The minimum absolute atomic E-state index is 0.159. The first-order valence-corrected chi connectivity index (χ1v) is 6.62. The van der Waals surface area contributed by atoms with E-state index in [0.29, 0.717) is 0 Å². The first-order chi connectivity index (χ1) is 10.9. The van der Waals surface area contributed by atoms with Crippen LogP contribution in [0.2, 0.25) is 0 Å². The number of carbonyl (C=O) groups is 2. The van der Waals surface area contributed by atoms with Gasteiger partial charge in [-0.2, -0.15) is 0 Å². The molecule has 1 aromatic rings. The Morgan fingerprint density at radius 2 is 1.83 bits per heavy atom. The highest BCUT2D eigenvalue weighted by molar-refractivity contribution is 5.66. The fourth-order valence-corrected chi connectivity index (χ4v) is 2.49. The Morgan fingerprint density at radius 3 is 2.30 bits per heavy atom. The molecule has 23 heavy (non-hydrogen) atoms. The summed E-state index contributed by atoms with van der Waals surface area (Å²) in [4.78, 5) is 37.7. The zero-order valence-electron chi connectivity index (χ0n) is 12.0. The van der Waals surface area contributed by atoms with E-state index in [1.165, 1.54) is 12.3 Å². The molecule has 0 aromatic carbocycles.